The lowest BCUT2D eigenvalue weighted by Crippen LogP contribution is -2.20. The summed E-state index contributed by atoms with van der Waals surface area (Å²) in [5, 5.41) is 8.40. The number of hydrogen-bond donors (Lipinski definition) is 2. The third kappa shape index (κ3) is 3.40. The van der Waals surface area contributed by atoms with Crippen molar-refractivity contribution in [1.82, 2.24) is 0 Å². The molecule has 62 valence electrons. The standard InChI is InChI=1S/C7H11NO3/c1-2-3-4-5(6(8)9)7(10)11/h4H,2-3H2,1H3,(H2,8,9)(H,10,11)/b5-4+. The van der Waals surface area contributed by atoms with Crippen LogP contribution in [0.4, 0.5) is 0 Å². The summed E-state index contributed by atoms with van der Waals surface area (Å²) in [4.78, 5) is 20.7. The Labute approximate surface area is 64.7 Å². The van der Waals surface area contributed by atoms with Gasteiger partial charge in [0.1, 0.15) is 5.57 Å². The minimum Gasteiger partial charge on any atom is -0.478 e. The monoisotopic (exact) mass is 157 g/mol. The number of carbonyl (C=O) groups is 2. The SMILES string of the molecule is CCC/C=C(\C(N)=O)C(=O)O. The Morgan fingerprint density at radius 2 is 2.09 bits per heavy atom. The van der Waals surface area contributed by atoms with Gasteiger partial charge >= 0.3 is 5.97 Å². The fraction of sp³-hybridized carbons (Fsp3) is 0.429. The molecule has 0 aromatic rings. The van der Waals surface area contributed by atoms with E-state index < -0.39 is 11.9 Å². The lowest BCUT2D eigenvalue weighted by Gasteiger charge is -1.94. The zero-order valence-corrected chi connectivity index (χ0v) is 6.33. The summed E-state index contributed by atoms with van der Waals surface area (Å²) in [5.74, 6) is -2.14. The summed E-state index contributed by atoms with van der Waals surface area (Å²) in [7, 11) is 0. The molecule has 4 heteroatoms. The van der Waals surface area contributed by atoms with Crippen molar-refractivity contribution in [2.75, 3.05) is 0 Å². The van der Waals surface area contributed by atoms with E-state index in [1.54, 1.807) is 0 Å². The second kappa shape index (κ2) is 4.49. The highest BCUT2D eigenvalue weighted by atomic mass is 16.4. The van der Waals surface area contributed by atoms with Crippen LogP contribution in [0.25, 0.3) is 0 Å². The number of rotatable bonds is 4. The molecule has 0 saturated heterocycles. The van der Waals surface area contributed by atoms with Crippen molar-refractivity contribution in [2.24, 2.45) is 5.73 Å². The van der Waals surface area contributed by atoms with Crippen molar-refractivity contribution in [3.63, 3.8) is 0 Å². The molecule has 0 rings (SSSR count). The van der Waals surface area contributed by atoms with E-state index in [9.17, 15) is 9.59 Å². The average Bonchev–Trinajstić information content (AvgIpc) is 1.87. The van der Waals surface area contributed by atoms with Crippen LogP contribution in [0.2, 0.25) is 0 Å². The van der Waals surface area contributed by atoms with Gasteiger partial charge in [0, 0.05) is 0 Å². The first-order valence-electron chi connectivity index (χ1n) is 3.32. The van der Waals surface area contributed by atoms with Gasteiger partial charge in [0.2, 0.25) is 0 Å². The minimum absolute atomic E-state index is 0.327. The Bertz CT molecular complexity index is 180. The molecule has 0 atom stereocenters. The third-order valence-corrected chi connectivity index (χ3v) is 1.13. The molecule has 0 aromatic heterocycles. The van der Waals surface area contributed by atoms with E-state index in [0.29, 0.717) is 6.42 Å². The van der Waals surface area contributed by atoms with Crippen molar-refractivity contribution in [1.29, 1.82) is 0 Å². The van der Waals surface area contributed by atoms with Gasteiger partial charge in [-0.05, 0) is 6.42 Å². The molecule has 11 heavy (non-hydrogen) atoms. The molecule has 0 radical (unpaired) electrons. The number of carbonyl (C=O) groups excluding carboxylic acids is 1. The highest BCUT2D eigenvalue weighted by molar-refractivity contribution is 6.14. The summed E-state index contributed by atoms with van der Waals surface area (Å²) in [6.07, 6.45) is 2.69. The molecular formula is C7H11NO3. The first kappa shape index (κ1) is 9.68. The van der Waals surface area contributed by atoms with Crippen molar-refractivity contribution in [3.8, 4) is 0 Å². The molecule has 0 bridgehead atoms. The molecule has 0 aliphatic heterocycles. The summed E-state index contributed by atoms with van der Waals surface area (Å²) in [5.41, 5.74) is 4.46. The molecule has 4 nitrogen and oxygen atoms in total. The fourth-order valence-electron chi connectivity index (χ4n) is 0.582. The Kier molecular flexibility index (Phi) is 3.95. The van der Waals surface area contributed by atoms with Gasteiger partial charge < -0.3 is 10.8 Å². The van der Waals surface area contributed by atoms with Gasteiger partial charge in [-0.15, -0.1) is 0 Å². The number of amides is 1. The highest BCUT2D eigenvalue weighted by Crippen LogP contribution is 1.98. The van der Waals surface area contributed by atoms with E-state index in [1.807, 2.05) is 6.92 Å². The summed E-state index contributed by atoms with van der Waals surface area (Å²) in [6, 6.07) is 0. The summed E-state index contributed by atoms with van der Waals surface area (Å²) < 4.78 is 0. The van der Waals surface area contributed by atoms with E-state index in [2.05, 4.69) is 0 Å². The number of carboxylic acid groups (broad SMARTS) is 1. The van der Waals surface area contributed by atoms with E-state index in [1.165, 1.54) is 6.08 Å². The molecule has 3 N–H and O–H groups in total. The van der Waals surface area contributed by atoms with Crippen LogP contribution in [0.1, 0.15) is 19.8 Å². The second-order valence-corrected chi connectivity index (χ2v) is 2.08. The van der Waals surface area contributed by atoms with Crippen LogP contribution >= 0.6 is 0 Å². The van der Waals surface area contributed by atoms with Gasteiger partial charge in [0.25, 0.3) is 5.91 Å². The predicted molar refractivity (Wildman–Crippen MR) is 39.8 cm³/mol. The smallest absolute Gasteiger partial charge is 0.340 e. The van der Waals surface area contributed by atoms with Crippen molar-refractivity contribution in [3.05, 3.63) is 11.6 Å². The first-order chi connectivity index (χ1) is 5.09. The van der Waals surface area contributed by atoms with Crippen LogP contribution in [0.5, 0.6) is 0 Å². The van der Waals surface area contributed by atoms with Gasteiger partial charge in [-0.3, -0.25) is 4.79 Å². The minimum atomic E-state index is -1.26. The maximum absolute atomic E-state index is 10.4. The van der Waals surface area contributed by atoms with E-state index >= 15 is 0 Å². The summed E-state index contributed by atoms with van der Waals surface area (Å²) in [6.45, 7) is 1.89. The second-order valence-electron chi connectivity index (χ2n) is 2.08. The molecule has 1 amide bonds. The number of carboxylic acids is 1. The molecule has 0 aromatic carbocycles. The lowest BCUT2D eigenvalue weighted by molar-refractivity contribution is -0.134. The van der Waals surface area contributed by atoms with Crippen molar-refractivity contribution in [2.45, 2.75) is 19.8 Å². The van der Waals surface area contributed by atoms with Gasteiger partial charge in [-0.25, -0.2) is 4.79 Å². The number of aliphatic carboxylic acids is 1. The van der Waals surface area contributed by atoms with Crippen LogP contribution in [0.15, 0.2) is 11.6 Å². The summed E-state index contributed by atoms with van der Waals surface area (Å²) >= 11 is 0. The van der Waals surface area contributed by atoms with Crippen LogP contribution in [-0.2, 0) is 9.59 Å². The zero-order chi connectivity index (χ0) is 8.85. The third-order valence-electron chi connectivity index (χ3n) is 1.13. The largest absolute Gasteiger partial charge is 0.478 e. The molecule has 0 saturated carbocycles. The molecule has 0 heterocycles. The molecule has 0 unspecified atom stereocenters. The molecule has 0 fully saturated rings. The first-order valence-corrected chi connectivity index (χ1v) is 3.32. The van der Waals surface area contributed by atoms with Crippen LogP contribution in [0.3, 0.4) is 0 Å². The molecule has 0 aliphatic rings. The Hall–Kier alpha value is -1.32. The molecular weight excluding hydrogens is 146 g/mol. The predicted octanol–water partition coefficient (Wildman–Crippen LogP) is 0.283. The molecule has 0 spiro atoms. The topological polar surface area (TPSA) is 80.4 Å². The maximum atomic E-state index is 10.4. The normalized spacial score (nSPS) is 11.2. The van der Waals surface area contributed by atoms with Gasteiger partial charge in [-0.1, -0.05) is 19.4 Å². The fourth-order valence-corrected chi connectivity index (χ4v) is 0.582. The van der Waals surface area contributed by atoms with Gasteiger partial charge in [0.15, 0.2) is 0 Å². The van der Waals surface area contributed by atoms with Crippen LogP contribution in [-0.4, -0.2) is 17.0 Å². The van der Waals surface area contributed by atoms with Gasteiger partial charge in [0.05, 0.1) is 0 Å². The van der Waals surface area contributed by atoms with Crippen LogP contribution in [0, 0.1) is 0 Å². The van der Waals surface area contributed by atoms with E-state index in [0.717, 1.165) is 6.42 Å². The Balaban J connectivity index is 4.33. The lowest BCUT2D eigenvalue weighted by atomic mass is 10.2. The highest BCUT2D eigenvalue weighted by Gasteiger charge is 2.11. The zero-order valence-electron chi connectivity index (χ0n) is 6.33. The number of nitrogens with two attached hydrogens (primary N) is 1. The van der Waals surface area contributed by atoms with E-state index in [-0.39, 0.29) is 5.57 Å². The average molecular weight is 157 g/mol. The Morgan fingerprint density at radius 1 is 1.55 bits per heavy atom. The van der Waals surface area contributed by atoms with Crippen LogP contribution < -0.4 is 5.73 Å². The van der Waals surface area contributed by atoms with Gasteiger partial charge in [-0.2, -0.15) is 0 Å². The number of allylic oxidation sites excluding steroid dienone is 1. The number of primary amides is 1. The molecule has 0 aliphatic carbocycles. The Morgan fingerprint density at radius 3 is 2.36 bits per heavy atom. The van der Waals surface area contributed by atoms with E-state index in [4.69, 9.17) is 10.8 Å². The maximum Gasteiger partial charge on any atom is 0.340 e. The number of unbranched alkanes of at least 4 members (excludes halogenated alkanes) is 1. The van der Waals surface area contributed by atoms with Crippen molar-refractivity contribution < 1.29 is 14.7 Å². The van der Waals surface area contributed by atoms with Crippen molar-refractivity contribution >= 4 is 11.9 Å². The number of hydrogen-bond acceptors (Lipinski definition) is 2. The quantitative estimate of drug-likeness (QED) is 0.349.